The Hall–Kier alpha value is -3.05. The van der Waals surface area contributed by atoms with Crippen LogP contribution in [0, 0.1) is 0 Å². The molecular formula is C23H24F3N3O4S. The quantitative estimate of drug-likeness (QED) is 0.522. The van der Waals surface area contributed by atoms with Crippen LogP contribution in [0.1, 0.15) is 19.4 Å². The normalized spacial score (nSPS) is 14.8. The molecule has 4 rings (SSSR count). The maximum absolute atomic E-state index is 13.0. The number of nitrogens with one attached hydrogen (secondary N) is 1. The molecule has 0 atom stereocenters. The molecule has 1 saturated heterocycles. The Balaban J connectivity index is 1.54. The number of hydrogen-bond donors (Lipinski definition) is 1. The molecule has 1 N–H and O–H groups in total. The Bertz CT molecular complexity index is 1170. The third-order valence-corrected chi connectivity index (χ3v) is 6.37. The summed E-state index contributed by atoms with van der Waals surface area (Å²) in [5.41, 5.74) is -0.540. The molecule has 0 bridgehead atoms. The van der Waals surface area contributed by atoms with E-state index in [1.54, 1.807) is 7.11 Å². The van der Waals surface area contributed by atoms with Gasteiger partial charge in [0.05, 0.1) is 36.3 Å². The monoisotopic (exact) mass is 495 g/mol. The molecule has 2 heterocycles. The second-order valence-corrected chi connectivity index (χ2v) is 9.17. The fourth-order valence-corrected chi connectivity index (χ4v) is 4.56. The molecule has 0 radical (unpaired) electrons. The number of fused-ring (bicyclic) bond motifs is 1. The number of halogens is 3. The molecule has 0 spiro atoms. The highest BCUT2D eigenvalue weighted by Crippen LogP contribution is 2.40. The van der Waals surface area contributed by atoms with Gasteiger partial charge >= 0.3 is 6.18 Å². The van der Waals surface area contributed by atoms with Gasteiger partial charge in [-0.25, -0.2) is 4.98 Å². The smallest absolute Gasteiger partial charge is 0.416 e. The van der Waals surface area contributed by atoms with Crippen LogP contribution in [0.3, 0.4) is 0 Å². The van der Waals surface area contributed by atoms with E-state index < -0.39 is 23.2 Å². The summed E-state index contributed by atoms with van der Waals surface area (Å²) in [6.45, 7) is 5.82. The average Bonchev–Trinajstić information content (AvgIpc) is 3.22. The zero-order chi connectivity index (χ0) is 24.5. The third kappa shape index (κ3) is 5.05. The number of carbonyl (C=O) groups excluding carboxylic acids is 1. The number of nitrogens with zero attached hydrogens (tertiary/aromatic N) is 2. The molecule has 1 aliphatic heterocycles. The van der Waals surface area contributed by atoms with E-state index in [1.165, 1.54) is 37.3 Å². The largest absolute Gasteiger partial charge is 0.494 e. The number of morpholine rings is 1. The van der Waals surface area contributed by atoms with E-state index in [2.05, 4.69) is 15.2 Å². The van der Waals surface area contributed by atoms with E-state index in [0.717, 1.165) is 35.6 Å². The van der Waals surface area contributed by atoms with Gasteiger partial charge in [0.2, 0.25) is 0 Å². The Morgan fingerprint density at radius 2 is 1.79 bits per heavy atom. The molecule has 1 aliphatic rings. The van der Waals surface area contributed by atoms with E-state index >= 15 is 0 Å². The number of anilines is 2. The van der Waals surface area contributed by atoms with Gasteiger partial charge < -0.3 is 19.1 Å². The molecule has 0 unspecified atom stereocenters. The van der Waals surface area contributed by atoms with Gasteiger partial charge in [-0.15, -0.1) is 0 Å². The molecular weight excluding hydrogens is 471 g/mol. The summed E-state index contributed by atoms with van der Waals surface area (Å²) in [5.74, 6) is 0.246. The molecule has 7 nitrogen and oxygen atoms in total. The van der Waals surface area contributed by atoms with Crippen LogP contribution in [-0.4, -0.2) is 49.9 Å². The minimum absolute atomic E-state index is 0.147. The van der Waals surface area contributed by atoms with Crippen LogP contribution >= 0.6 is 11.3 Å². The van der Waals surface area contributed by atoms with Crippen molar-refractivity contribution in [2.24, 2.45) is 0 Å². The Morgan fingerprint density at radius 3 is 2.41 bits per heavy atom. The molecule has 182 valence electrons. The third-order valence-electron chi connectivity index (χ3n) is 5.38. The molecule has 2 aromatic carbocycles. The van der Waals surface area contributed by atoms with Crippen LogP contribution in [0.25, 0.3) is 10.2 Å². The van der Waals surface area contributed by atoms with Crippen molar-refractivity contribution < 1.29 is 32.2 Å². The van der Waals surface area contributed by atoms with Gasteiger partial charge in [-0.05, 0) is 50.2 Å². The highest BCUT2D eigenvalue weighted by molar-refractivity contribution is 7.23. The van der Waals surface area contributed by atoms with E-state index in [0.29, 0.717) is 29.6 Å². The van der Waals surface area contributed by atoms with Crippen molar-refractivity contribution >= 4 is 38.3 Å². The van der Waals surface area contributed by atoms with Crippen LogP contribution in [0.2, 0.25) is 0 Å². The van der Waals surface area contributed by atoms with Crippen LogP contribution < -0.4 is 19.7 Å². The first kappa shape index (κ1) is 24.1. The maximum Gasteiger partial charge on any atom is 0.416 e. The fraction of sp³-hybridized carbons (Fsp3) is 0.391. The number of ether oxygens (including phenoxy) is 3. The minimum Gasteiger partial charge on any atom is -0.494 e. The average molecular weight is 496 g/mol. The first-order valence-corrected chi connectivity index (χ1v) is 11.4. The Morgan fingerprint density at radius 1 is 1.12 bits per heavy atom. The molecule has 3 aromatic rings. The van der Waals surface area contributed by atoms with Crippen LogP contribution in [0.5, 0.6) is 11.5 Å². The lowest BCUT2D eigenvalue weighted by molar-refractivity contribution is -0.137. The van der Waals surface area contributed by atoms with Gasteiger partial charge in [0, 0.05) is 13.1 Å². The van der Waals surface area contributed by atoms with Crippen molar-refractivity contribution in [2.45, 2.75) is 25.6 Å². The van der Waals surface area contributed by atoms with E-state index in [-0.39, 0.29) is 5.75 Å². The predicted molar refractivity (Wildman–Crippen MR) is 124 cm³/mol. The highest BCUT2D eigenvalue weighted by atomic mass is 32.1. The number of thiazole rings is 1. The maximum atomic E-state index is 13.0. The van der Waals surface area contributed by atoms with Gasteiger partial charge in [0.15, 0.2) is 10.7 Å². The van der Waals surface area contributed by atoms with Crippen molar-refractivity contribution in [1.82, 2.24) is 4.98 Å². The van der Waals surface area contributed by atoms with Crippen molar-refractivity contribution in [1.29, 1.82) is 0 Å². The number of alkyl halides is 3. The summed E-state index contributed by atoms with van der Waals surface area (Å²) in [5, 5.41) is 3.14. The lowest BCUT2D eigenvalue weighted by Crippen LogP contribution is -2.42. The summed E-state index contributed by atoms with van der Waals surface area (Å²) >= 11 is 1.32. The molecule has 1 aromatic heterocycles. The number of rotatable bonds is 6. The van der Waals surface area contributed by atoms with Crippen molar-refractivity contribution in [3.8, 4) is 11.5 Å². The predicted octanol–water partition coefficient (Wildman–Crippen LogP) is 4.96. The molecule has 0 aliphatic carbocycles. The lowest BCUT2D eigenvalue weighted by Gasteiger charge is -2.29. The van der Waals surface area contributed by atoms with Gasteiger partial charge in [-0.2, -0.15) is 13.2 Å². The summed E-state index contributed by atoms with van der Waals surface area (Å²) in [4.78, 5) is 19.7. The minimum atomic E-state index is -4.45. The van der Waals surface area contributed by atoms with Gasteiger partial charge in [-0.3, -0.25) is 10.1 Å². The SMILES string of the molecule is COc1ccc(N2CCOCC2)c2sc(NC(=O)C(C)(C)Oc3ccc(C(F)(F)F)cc3)nc12. The highest BCUT2D eigenvalue weighted by Gasteiger charge is 2.33. The van der Waals surface area contributed by atoms with Crippen molar-refractivity contribution in [3.05, 3.63) is 42.0 Å². The first-order valence-electron chi connectivity index (χ1n) is 10.6. The fourth-order valence-electron chi connectivity index (χ4n) is 3.54. The first-order chi connectivity index (χ1) is 16.1. The van der Waals surface area contributed by atoms with Crippen LogP contribution in [-0.2, 0) is 15.7 Å². The number of hydrogen-bond acceptors (Lipinski definition) is 7. The number of carbonyl (C=O) groups is 1. The molecule has 1 amide bonds. The van der Waals surface area contributed by atoms with Gasteiger partial charge in [-0.1, -0.05) is 11.3 Å². The number of aromatic nitrogens is 1. The van der Waals surface area contributed by atoms with Crippen molar-refractivity contribution in [3.63, 3.8) is 0 Å². The van der Waals surface area contributed by atoms with Gasteiger partial charge in [0.25, 0.3) is 5.91 Å². The van der Waals surface area contributed by atoms with Crippen LogP contribution in [0.4, 0.5) is 24.0 Å². The summed E-state index contributed by atoms with van der Waals surface area (Å²) in [7, 11) is 1.56. The molecule has 1 fully saturated rings. The Kier molecular flexibility index (Phi) is 6.59. The van der Waals surface area contributed by atoms with E-state index in [4.69, 9.17) is 14.2 Å². The van der Waals surface area contributed by atoms with E-state index in [1.807, 2.05) is 12.1 Å². The summed E-state index contributed by atoms with van der Waals surface area (Å²) in [6, 6.07) is 8.01. The zero-order valence-electron chi connectivity index (χ0n) is 18.9. The molecule has 0 saturated carbocycles. The van der Waals surface area contributed by atoms with Crippen molar-refractivity contribution in [2.75, 3.05) is 43.6 Å². The van der Waals surface area contributed by atoms with E-state index in [9.17, 15) is 18.0 Å². The number of benzene rings is 2. The van der Waals surface area contributed by atoms with Crippen LogP contribution in [0.15, 0.2) is 36.4 Å². The molecule has 11 heteroatoms. The number of amides is 1. The molecule has 34 heavy (non-hydrogen) atoms. The Labute approximate surface area is 198 Å². The lowest BCUT2D eigenvalue weighted by atomic mass is 10.1. The number of methoxy groups -OCH3 is 1. The summed E-state index contributed by atoms with van der Waals surface area (Å²) in [6.07, 6.45) is -4.45. The summed E-state index contributed by atoms with van der Waals surface area (Å²) < 4.78 is 55.8. The second kappa shape index (κ2) is 9.30. The topological polar surface area (TPSA) is 72.9 Å². The standard InChI is InChI=1S/C23H24F3N3O4S/c1-22(2,33-15-6-4-14(5-7-15)23(24,25)26)20(30)28-21-27-18-17(31-3)9-8-16(19(18)34-21)29-10-12-32-13-11-29/h4-9H,10-13H2,1-3H3,(H,27,28,30). The zero-order valence-corrected chi connectivity index (χ0v) is 19.7. The second-order valence-electron chi connectivity index (χ2n) is 8.17. The van der Waals surface area contributed by atoms with Gasteiger partial charge in [0.1, 0.15) is 17.0 Å².